The third-order valence-electron chi connectivity index (χ3n) is 7.66. The van der Waals surface area contributed by atoms with Gasteiger partial charge in [-0.3, -0.25) is 0 Å². The lowest BCUT2D eigenvalue weighted by molar-refractivity contribution is 0.120. The average Bonchev–Trinajstić information content (AvgIpc) is 2.73. The van der Waals surface area contributed by atoms with Crippen LogP contribution >= 0.6 is 0 Å². The summed E-state index contributed by atoms with van der Waals surface area (Å²) in [5.41, 5.74) is 1.03. The molecule has 164 valence electrons. The van der Waals surface area contributed by atoms with Crippen LogP contribution in [0.3, 0.4) is 0 Å². The highest BCUT2D eigenvalue weighted by Gasteiger charge is 2.31. The number of aryl methyl sites for hydroxylation is 2. The fourth-order valence-electron chi connectivity index (χ4n) is 5.74. The summed E-state index contributed by atoms with van der Waals surface area (Å²) >= 11 is 0. The van der Waals surface area contributed by atoms with Crippen molar-refractivity contribution in [3.63, 3.8) is 0 Å². The molecule has 0 spiro atoms. The van der Waals surface area contributed by atoms with Gasteiger partial charge in [0.25, 0.3) is 0 Å². The largest absolute Gasteiger partial charge is 0.490 e. The van der Waals surface area contributed by atoms with E-state index in [1.807, 2.05) is 0 Å². The van der Waals surface area contributed by atoms with Gasteiger partial charge < -0.3 is 4.74 Å². The molecular formula is C26H40F2O. The summed E-state index contributed by atoms with van der Waals surface area (Å²) in [6.07, 6.45) is 16.2. The van der Waals surface area contributed by atoms with E-state index in [0.29, 0.717) is 23.7 Å². The Morgan fingerprint density at radius 3 is 1.97 bits per heavy atom. The SMILES string of the molecule is CCCCCC1CCC(C2CCC(COc3c(C)cc(C)c(F)c3F)CC2)CC1. The zero-order valence-corrected chi connectivity index (χ0v) is 18.7. The molecule has 2 saturated carbocycles. The van der Waals surface area contributed by atoms with E-state index in [2.05, 4.69) is 6.92 Å². The van der Waals surface area contributed by atoms with Crippen LogP contribution in [-0.4, -0.2) is 6.61 Å². The van der Waals surface area contributed by atoms with Crippen LogP contribution in [0.5, 0.6) is 5.75 Å². The Bertz CT molecular complexity index is 641. The molecule has 0 N–H and O–H groups in total. The Kier molecular flexibility index (Phi) is 8.38. The van der Waals surface area contributed by atoms with Crippen molar-refractivity contribution >= 4 is 0 Å². The maximum absolute atomic E-state index is 14.2. The summed E-state index contributed by atoms with van der Waals surface area (Å²) < 4.78 is 33.8. The van der Waals surface area contributed by atoms with Crippen molar-refractivity contribution in [2.24, 2.45) is 23.7 Å². The van der Waals surface area contributed by atoms with Crippen molar-refractivity contribution in [3.05, 3.63) is 28.8 Å². The van der Waals surface area contributed by atoms with Gasteiger partial charge in [-0.1, -0.05) is 45.4 Å². The molecule has 0 atom stereocenters. The Hall–Kier alpha value is -1.12. The maximum atomic E-state index is 14.2. The lowest BCUT2D eigenvalue weighted by Gasteiger charge is -2.38. The summed E-state index contributed by atoms with van der Waals surface area (Å²) in [4.78, 5) is 0. The molecule has 1 aromatic rings. The normalized spacial score (nSPS) is 27.8. The van der Waals surface area contributed by atoms with Crippen LogP contribution < -0.4 is 4.74 Å². The first kappa shape index (κ1) is 22.6. The zero-order valence-electron chi connectivity index (χ0n) is 18.7. The van der Waals surface area contributed by atoms with Crippen LogP contribution in [0.1, 0.15) is 95.1 Å². The molecule has 1 aromatic carbocycles. The average molecular weight is 407 g/mol. The summed E-state index contributed by atoms with van der Waals surface area (Å²) in [5, 5.41) is 0. The predicted octanol–water partition coefficient (Wildman–Crippen LogP) is 8.15. The summed E-state index contributed by atoms with van der Waals surface area (Å²) in [6, 6.07) is 1.67. The van der Waals surface area contributed by atoms with Gasteiger partial charge in [0.2, 0.25) is 5.82 Å². The molecule has 0 heterocycles. The first-order valence-corrected chi connectivity index (χ1v) is 12.1. The molecule has 0 aromatic heterocycles. The molecular weight excluding hydrogens is 366 g/mol. The zero-order chi connectivity index (χ0) is 20.8. The van der Waals surface area contributed by atoms with E-state index >= 15 is 0 Å². The standard InChI is InChI=1S/C26H40F2O/c1-4-5-6-7-20-8-12-22(13-9-20)23-14-10-21(11-15-23)17-29-26-19(3)16-18(2)24(27)25(26)28/h16,20-23H,4-15,17H2,1-3H3. The predicted molar refractivity (Wildman–Crippen MR) is 116 cm³/mol. The van der Waals surface area contributed by atoms with Crippen LogP contribution in [-0.2, 0) is 0 Å². The van der Waals surface area contributed by atoms with Crippen LogP contribution in [0, 0.1) is 49.2 Å². The molecule has 0 radical (unpaired) electrons. The molecule has 2 fully saturated rings. The second-order valence-electron chi connectivity index (χ2n) is 9.84. The van der Waals surface area contributed by atoms with E-state index < -0.39 is 11.6 Å². The van der Waals surface area contributed by atoms with Gasteiger partial charge in [0.15, 0.2) is 11.6 Å². The highest BCUT2D eigenvalue weighted by Crippen LogP contribution is 2.42. The molecule has 2 aliphatic rings. The molecule has 0 bridgehead atoms. The van der Waals surface area contributed by atoms with Crippen molar-refractivity contribution in [1.82, 2.24) is 0 Å². The Morgan fingerprint density at radius 1 is 0.793 bits per heavy atom. The van der Waals surface area contributed by atoms with Crippen molar-refractivity contribution in [3.8, 4) is 5.75 Å². The van der Waals surface area contributed by atoms with Crippen LogP contribution in [0.25, 0.3) is 0 Å². The fraction of sp³-hybridized carbons (Fsp3) is 0.769. The number of rotatable bonds is 8. The van der Waals surface area contributed by atoms with Crippen molar-refractivity contribution in [2.75, 3.05) is 6.61 Å². The summed E-state index contributed by atoms with van der Waals surface area (Å²) in [5.74, 6) is 1.75. The van der Waals surface area contributed by atoms with Gasteiger partial charge in [0.1, 0.15) is 0 Å². The van der Waals surface area contributed by atoms with Gasteiger partial charge in [-0.05, 0) is 93.2 Å². The Morgan fingerprint density at radius 2 is 1.38 bits per heavy atom. The van der Waals surface area contributed by atoms with Crippen LogP contribution in [0.2, 0.25) is 0 Å². The van der Waals surface area contributed by atoms with Crippen LogP contribution in [0.4, 0.5) is 8.78 Å². The molecule has 2 aliphatic carbocycles. The van der Waals surface area contributed by atoms with E-state index in [-0.39, 0.29) is 5.75 Å². The topological polar surface area (TPSA) is 9.23 Å². The van der Waals surface area contributed by atoms with E-state index in [1.54, 1.807) is 19.9 Å². The Labute approximate surface area is 176 Å². The van der Waals surface area contributed by atoms with E-state index in [1.165, 1.54) is 64.2 Å². The maximum Gasteiger partial charge on any atom is 0.201 e. The minimum atomic E-state index is -0.827. The lowest BCUT2D eigenvalue weighted by Crippen LogP contribution is -2.27. The molecule has 3 heteroatoms. The minimum Gasteiger partial charge on any atom is -0.490 e. The smallest absolute Gasteiger partial charge is 0.201 e. The Balaban J connectivity index is 1.40. The molecule has 0 unspecified atom stereocenters. The number of benzene rings is 1. The lowest BCUT2D eigenvalue weighted by atomic mass is 9.69. The fourth-order valence-corrected chi connectivity index (χ4v) is 5.74. The second-order valence-corrected chi connectivity index (χ2v) is 9.84. The van der Waals surface area contributed by atoms with Crippen molar-refractivity contribution < 1.29 is 13.5 Å². The van der Waals surface area contributed by atoms with Gasteiger partial charge >= 0.3 is 0 Å². The molecule has 29 heavy (non-hydrogen) atoms. The minimum absolute atomic E-state index is 0.108. The molecule has 3 rings (SSSR count). The number of ether oxygens (including phenoxy) is 1. The number of hydrogen-bond donors (Lipinski definition) is 0. The quantitative estimate of drug-likeness (QED) is 0.396. The van der Waals surface area contributed by atoms with E-state index in [9.17, 15) is 8.78 Å². The van der Waals surface area contributed by atoms with Gasteiger partial charge in [0.05, 0.1) is 6.61 Å². The van der Waals surface area contributed by atoms with Gasteiger partial charge in [-0.25, -0.2) is 4.39 Å². The number of unbranched alkanes of at least 4 members (excludes halogenated alkanes) is 2. The van der Waals surface area contributed by atoms with Gasteiger partial charge in [-0.2, -0.15) is 4.39 Å². The van der Waals surface area contributed by atoms with E-state index in [0.717, 1.165) is 30.6 Å². The third-order valence-corrected chi connectivity index (χ3v) is 7.66. The highest BCUT2D eigenvalue weighted by atomic mass is 19.2. The first-order valence-electron chi connectivity index (χ1n) is 12.1. The number of hydrogen-bond acceptors (Lipinski definition) is 1. The third kappa shape index (κ3) is 5.95. The highest BCUT2D eigenvalue weighted by molar-refractivity contribution is 5.38. The first-order chi connectivity index (χ1) is 14.0. The second kappa shape index (κ2) is 10.8. The van der Waals surface area contributed by atoms with Crippen molar-refractivity contribution in [1.29, 1.82) is 0 Å². The van der Waals surface area contributed by atoms with E-state index in [4.69, 9.17) is 4.74 Å². The summed E-state index contributed by atoms with van der Waals surface area (Å²) in [6.45, 7) is 6.18. The van der Waals surface area contributed by atoms with Crippen molar-refractivity contribution in [2.45, 2.75) is 97.8 Å². The summed E-state index contributed by atoms with van der Waals surface area (Å²) in [7, 11) is 0. The molecule has 0 saturated heterocycles. The van der Waals surface area contributed by atoms with Crippen LogP contribution in [0.15, 0.2) is 6.07 Å². The van der Waals surface area contributed by atoms with Gasteiger partial charge in [0, 0.05) is 0 Å². The molecule has 1 nitrogen and oxygen atoms in total. The molecule has 0 amide bonds. The number of halogens is 2. The van der Waals surface area contributed by atoms with Gasteiger partial charge in [-0.15, -0.1) is 0 Å². The monoisotopic (exact) mass is 406 g/mol. The molecule has 0 aliphatic heterocycles.